The van der Waals surface area contributed by atoms with Gasteiger partial charge in [0.15, 0.2) is 0 Å². The zero-order valence-corrected chi connectivity index (χ0v) is 25.6. The Morgan fingerprint density at radius 2 is 1.26 bits per heavy atom. The fraction of sp³-hybridized carbons (Fsp3) is 0.618. The Morgan fingerprint density at radius 1 is 0.737 bits per heavy atom. The van der Waals surface area contributed by atoms with Gasteiger partial charge in [0, 0.05) is 0 Å². The fourth-order valence-corrected chi connectivity index (χ4v) is 5.39. The molecule has 0 aliphatic carbocycles. The molecule has 1 atom stereocenters. The van der Waals surface area contributed by atoms with Gasteiger partial charge >= 0.3 is 5.97 Å². The Labute approximate surface area is 231 Å². The summed E-state index contributed by atoms with van der Waals surface area (Å²) in [6, 6.07) is 8.17. The first kappa shape index (κ1) is 31.7. The number of phenolic OH excluding ortho intramolecular Hbond substituents is 2. The van der Waals surface area contributed by atoms with Crippen LogP contribution in [0.4, 0.5) is 0 Å². The first-order valence-electron chi connectivity index (χ1n) is 14.3. The van der Waals surface area contributed by atoms with E-state index < -0.39 is 5.97 Å². The highest BCUT2D eigenvalue weighted by Gasteiger charge is 2.29. The average molecular weight is 525 g/mol. The number of carboxylic acids is 1. The maximum atomic E-state index is 11.8. The van der Waals surface area contributed by atoms with Gasteiger partial charge in [-0.05, 0) is 87.3 Å². The first-order chi connectivity index (χ1) is 17.4. The highest BCUT2D eigenvalue weighted by atomic mass is 16.4. The molecule has 0 fully saturated rings. The Kier molecular flexibility index (Phi) is 10.1. The molecule has 1 unspecified atom stereocenters. The normalized spacial score (nSPS) is 13.5. The molecule has 0 aliphatic heterocycles. The predicted octanol–water partition coefficient (Wildman–Crippen LogP) is 8.91. The predicted molar refractivity (Wildman–Crippen MR) is 159 cm³/mol. The lowest BCUT2D eigenvalue weighted by molar-refractivity contribution is -0.137. The molecule has 0 spiro atoms. The summed E-state index contributed by atoms with van der Waals surface area (Å²) in [5, 5.41) is 31.6. The van der Waals surface area contributed by atoms with Gasteiger partial charge in [-0.25, -0.2) is 0 Å². The van der Waals surface area contributed by atoms with Crippen LogP contribution >= 0.6 is 0 Å². The van der Waals surface area contributed by atoms with E-state index >= 15 is 0 Å². The quantitative estimate of drug-likeness (QED) is 0.271. The van der Waals surface area contributed by atoms with Crippen molar-refractivity contribution in [3.8, 4) is 11.5 Å². The Hall–Kier alpha value is -2.49. The number of benzene rings is 2. The van der Waals surface area contributed by atoms with Crippen LogP contribution in [0.1, 0.15) is 141 Å². The van der Waals surface area contributed by atoms with Crippen LogP contribution in [-0.2, 0) is 33.9 Å². The van der Waals surface area contributed by atoms with E-state index in [4.69, 9.17) is 0 Å². The number of hydrogen-bond donors (Lipinski definition) is 3. The molecule has 2 aromatic rings. The molecular formula is C34H52O4. The van der Waals surface area contributed by atoms with Gasteiger partial charge in [0.2, 0.25) is 0 Å². The summed E-state index contributed by atoms with van der Waals surface area (Å²) < 4.78 is 0. The van der Waals surface area contributed by atoms with Crippen LogP contribution in [0.15, 0.2) is 24.3 Å². The van der Waals surface area contributed by atoms with Gasteiger partial charge < -0.3 is 15.3 Å². The van der Waals surface area contributed by atoms with Gasteiger partial charge in [-0.2, -0.15) is 0 Å². The van der Waals surface area contributed by atoms with Gasteiger partial charge in [-0.1, -0.05) is 100 Å². The van der Waals surface area contributed by atoms with E-state index in [2.05, 4.69) is 75.3 Å². The number of unbranched alkanes of at least 4 members (excludes halogenated alkanes) is 1. The number of phenols is 2. The van der Waals surface area contributed by atoms with E-state index in [-0.39, 0.29) is 28.6 Å². The van der Waals surface area contributed by atoms with Crippen LogP contribution in [0, 0.1) is 0 Å². The van der Waals surface area contributed by atoms with Crippen molar-refractivity contribution in [1.29, 1.82) is 0 Å². The molecular weight excluding hydrogens is 472 g/mol. The Morgan fingerprint density at radius 3 is 1.71 bits per heavy atom. The van der Waals surface area contributed by atoms with Crippen molar-refractivity contribution >= 4 is 5.97 Å². The van der Waals surface area contributed by atoms with E-state index in [1.54, 1.807) is 0 Å². The van der Waals surface area contributed by atoms with Crippen molar-refractivity contribution < 1.29 is 20.1 Å². The third kappa shape index (κ3) is 8.25. The van der Waals surface area contributed by atoms with E-state index in [0.717, 1.165) is 60.8 Å². The van der Waals surface area contributed by atoms with E-state index in [1.807, 2.05) is 18.2 Å². The fourth-order valence-electron chi connectivity index (χ4n) is 5.39. The first-order valence-corrected chi connectivity index (χ1v) is 14.3. The molecule has 4 nitrogen and oxygen atoms in total. The average Bonchev–Trinajstić information content (AvgIpc) is 2.74. The van der Waals surface area contributed by atoms with Crippen molar-refractivity contribution in [3.63, 3.8) is 0 Å². The molecule has 4 heteroatoms. The zero-order valence-electron chi connectivity index (χ0n) is 25.6. The summed E-state index contributed by atoms with van der Waals surface area (Å²) in [6.45, 7) is 21.3. The summed E-state index contributed by atoms with van der Waals surface area (Å²) in [6.07, 6.45) is 5.28. The lowest BCUT2D eigenvalue weighted by atomic mass is 9.76. The molecule has 0 amide bonds. The molecule has 212 valence electrons. The number of carbonyl (C=O) groups is 1. The minimum Gasteiger partial charge on any atom is -0.508 e. The SMILES string of the molecule is CCCc1cc(O)c(CCCCC(CC(=O)O)c2cc(C(C)(C)C)c(O)c(C(C)(C)C)c2)cc1C(C)(C)C. The van der Waals surface area contributed by atoms with E-state index in [0.29, 0.717) is 11.5 Å². The van der Waals surface area contributed by atoms with Crippen molar-refractivity contribution in [2.75, 3.05) is 0 Å². The molecule has 0 heterocycles. The van der Waals surface area contributed by atoms with E-state index in [9.17, 15) is 20.1 Å². The number of rotatable bonds is 10. The second-order valence-corrected chi connectivity index (χ2v) is 14.1. The van der Waals surface area contributed by atoms with Gasteiger partial charge in [0.05, 0.1) is 6.42 Å². The number of hydrogen-bond acceptors (Lipinski definition) is 3. The summed E-state index contributed by atoms with van der Waals surface area (Å²) >= 11 is 0. The maximum Gasteiger partial charge on any atom is 0.303 e. The van der Waals surface area contributed by atoms with Crippen molar-refractivity contribution in [1.82, 2.24) is 0 Å². The Balaban J connectivity index is 2.31. The van der Waals surface area contributed by atoms with Gasteiger partial charge in [-0.15, -0.1) is 0 Å². The maximum absolute atomic E-state index is 11.8. The topological polar surface area (TPSA) is 77.8 Å². The summed E-state index contributed by atoms with van der Waals surface area (Å²) in [5.41, 5.74) is 5.68. The highest BCUT2D eigenvalue weighted by molar-refractivity contribution is 5.68. The van der Waals surface area contributed by atoms with Crippen LogP contribution < -0.4 is 0 Å². The van der Waals surface area contributed by atoms with E-state index in [1.165, 1.54) is 11.1 Å². The monoisotopic (exact) mass is 524 g/mol. The summed E-state index contributed by atoms with van der Waals surface area (Å²) in [4.78, 5) is 11.8. The summed E-state index contributed by atoms with van der Waals surface area (Å²) in [5.74, 6) is -0.260. The van der Waals surface area contributed by atoms with Crippen LogP contribution in [0.5, 0.6) is 11.5 Å². The minimum atomic E-state index is -0.809. The molecule has 0 saturated heterocycles. The standard InChI is InChI=1S/C34H52O4/c1-11-14-23-20-29(35)24(17-26(23)32(2,3)4)16-13-12-15-22(21-30(36)37)25-18-27(33(5,6)7)31(38)28(19-25)34(8,9)10/h17-20,22,35,38H,11-16,21H2,1-10H3,(H,36,37). The molecule has 2 aromatic carbocycles. The smallest absolute Gasteiger partial charge is 0.303 e. The Bertz CT molecular complexity index is 1070. The van der Waals surface area contributed by atoms with Crippen molar-refractivity contribution in [2.24, 2.45) is 0 Å². The zero-order chi connectivity index (χ0) is 29.1. The number of aryl methyl sites for hydroxylation is 2. The lowest BCUT2D eigenvalue weighted by Crippen LogP contribution is -2.19. The minimum absolute atomic E-state index is 0.00787. The lowest BCUT2D eigenvalue weighted by Gasteiger charge is -2.30. The molecule has 0 radical (unpaired) electrons. The van der Waals surface area contributed by atoms with Gasteiger partial charge in [-0.3, -0.25) is 4.79 Å². The van der Waals surface area contributed by atoms with Crippen LogP contribution in [0.2, 0.25) is 0 Å². The van der Waals surface area contributed by atoms with Gasteiger partial charge in [0.1, 0.15) is 11.5 Å². The molecule has 0 aromatic heterocycles. The third-order valence-corrected chi connectivity index (χ3v) is 7.52. The number of carboxylic acid groups (broad SMARTS) is 1. The number of aliphatic carboxylic acids is 1. The van der Waals surface area contributed by atoms with Crippen LogP contribution in [0.3, 0.4) is 0 Å². The second kappa shape index (κ2) is 12.1. The van der Waals surface area contributed by atoms with Crippen molar-refractivity contribution in [3.05, 3.63) is 57.6 Å². The van der Waals surface area contributed by atoms with Gasteiger partial charge in [0.25, 0.3) is 0 Å². The summed E-state index contributed by atoms with van der Waals surface area (Å²) in [7, 11) is 0. The highest BCUT2D eigenvalue weighted by Crippen LogP contribution is 2.42. The molecule has 0 saturated carbocycles. The van der Waals surface area contributed by atoms with Crippen LogP contribution in [-0.4, -0.2) is 21.3 Å². The number of aromatic hydroxyl groups is 2. The molecule has 3 N–H and O–H groups in total. The van der Waals surface area contributed by atoms with Crippen LogP contribution in [0.25, 0.3) is 0 Å². The third-order valence-electron chi connectivity index (χ3n) is 7.52. The van der Waals surface area contributed by atoms with Crippen molar-refractivity contribution in [2.45, 2.75) is 136 Å². The molecule has 2 rings (SSSR count). The second-order valence-electron chi connectivity index (χ2n) is 14.1. The molecule has 0 aliphatic rings. The molecule has 38 heavy (non-hydrogen) atoms. The molecule has 0 bridgehead atoms. The largest absolute Gasteiger partial charge is 0.508 e.